The third-order valence-corrected chi connectivity index (χ3v) is 2.79. The molecular weight excluding hydrogens is 276 g/mol. The van der Waals surface area contributed by atoms with E-state index in [1.54, 1.807) is 12.1 Å². The summed E-state index contributed by atoms with van der Waals surface area (Å²) < 4.78 is 1.30. The number of aliphatic carboxylic acids is 1. The topological polar surface area (TPSA) is 117 Å². The number of carboxylic acids is 1. The van der Waals surface area contributed by atoms with Crippen LogP contribution in [0.3, 0.4) is 0 Å². The molecule has 0 aliphatic heterocycles. The fourth-order valence-corrected chi connectivity index (χ4v) is 1.77. The second-order valence-corrected chi connectivity index (χ2v) is 4.43. The first-order chi connectivity index (χ1) is 10.0. The van der Waals surface area contributed by atoms with E-state index in [1.807, 2.05) is 0 Å². The molecule has 1 aromatic heterocycles. The fourth-order valence-electron chi connectivity index (χ4n) is 1.77. The number of hydrogen-bond donors (Lipinski definition) is 3. The van der Waals surface area contributed by atoms with Crippen molar-refractivity contribution in [3.63, 3.8) is 0 Å². The van der Waals surface area contributed by atoms with Crippen LogP contribution in [0.15, 0.2) is 36.7 Å². The number of phenolic OH excluding ortho intramolecular Hbond substituents is 1. The monoisotopic (exact) mass is 290 g/mol. The Morgan fingerprint density at radius 2 is 2.00 bits per heavy atom. The molecular formula is C13H14N4O4. The minimum atomic E-state index is -1.13. The van der Waals surface area contributed by atoms with Crippen molar-refractivity contribution >= 4 is 11.9 Å². The Morgan fingerprint density at radius 3 is 2.57 bits per heavy atom. The predicted molar refractivity (Wildman–Crippen MR) is 71.4 cm³/mol. The Balaban J connectivity index is 1.97. The second kappa shape index (κ2) is 6.51. The molecule has 0 unspecified atom stereocenters. The van der Waals surface area contributed by atoms with Gasteiger partial charge in [0.15, 0.2) is 0 Å². The number of nitrogens with zero attached hydrogens (tertiary/aromatic N) is 3. The maximum atomic E-state index is 11.8. The quantitative estimate of drug-likeness (QED) is 0.678. The number of benzene rings is 1. The van der Waals surface area contributed by atoms with Crippen molar-refractivity contribution in [1.29, 1.82) is 0 Å². The minimum Gasteiger partial charge on any atom is -0.508 e. The summed E-state index contributed by atoms with van der Waals surface area (Å²) in [6.07, 6.45) is 3.06. The molecule has 0 saturated heterocycles. The number of carbonyl (C=O) groups is 2. The zero-order valence-electron chi connectivity index (χ0n) is 11.0. The molecule has 1 aromatic carbocycles. The van der Waals surface area contributed by atoms with E-state index in [0.717, 1.165) is 0 Å². The molecule has 3 N–H and O–H groups in total. The number of aromatic hydroxyl groups is 1. The van der Waals surface area contributed by atoms with Crippen molar-refractivity contribution in [2.45, 2.75) is 19.0 Å². The zero-order valence-corrected chi connectivity index (χ0v) is 11.0. The molecule has 2 aromatic rings. The standard InChI is InChI=1S/C13H14N4O4/c18-10-3-1-9(2-4-10)7-11(13(20)21)15-12(19)8-17-6-5-14-16-17/h1-6,11,18H,7-8H2,(H,15,19)(H,20,21)/t11-/m1/s1. The lowest BCUT2D eigenvalue weighted by Crippen LogP contribution is -2.43. The van der Waals surface area contributed by atoms with E-state index >= 15 is 0 Å². The van der Waals surface area contributed by atoms with Gasteiger partial charge < -0.3 is 15.5 Å². The summed E-state index contributed by atoms with van der Waals surface area (Å²) in [5.41, 5.74) is 0.696. The summed E-state index contributed by atoms with van der Waals surface area (Å²) >= 11 is 0. The van der Waals surface area contributed by atoms with Gasteiger partial charge in [-0.15, -0.1) is 5.10 Å². The van der Waals surface area contributed by atoms with Crippen LogP contribution >= 0.6 is 0 Å². The van der Waals surface area contributed by atoms with Crippen molar-refractivity contribution in [3.8, 4) is 5.75 Å². The summed E-state index contributed by atoms with van der Waals surface area (Å²) in [6.45, 7) is -0.0979. The van der Waals surface area contributed by atoms with Crippen molar-refractivity contribution in [2.75, 3.05) is 0 Å². The van der Waals surface area contributed by atoms with E-state index in [1.165, 1.54) is 29.2 Å². The largest absolute Gasteiger partial charge is 0.508 e. The lowest BCUT2D eigenvalue weighted by Gasteiger charge is -2.14. The number of phenols is 1. The first-order valence-corrected chi connectivity index (χ1v) is 6.19. The average molecular weight is 290 g/mol. The molecule has 1 amide bonds. The summed E-state index contributed by atoms with van der Waals surface area (Å²) in [6, 6.07) is 5.09. The highest BCUT2D eigenvalue weighted by Gasteiger charge is 2.20. The van der Waals surface area contributed by atoms with Crippen LogP contribution in [0.2, 0.25) is 0 Å². The molecule has 0 bridgehead atoms. The Bertz CT molecular complexity index is 610. The van der Waals surface area contributed by atoms with Gasteiger partial charge in [-0.2, -0.15) is 0 Å². The molecule has 21 heavy (non-hydrogen) atoms. The third kappa shape index (κ3) is 4.30. The number of carboxylic acid groups (broad SMARTS) is 1. The van der Waals surface area contributed by atoms with Crippen LogP contribution in [0.1, 0.15) is 5.56 Å². The Kier molecular flexibility index (Phi) is 4.50. The van der Waals surface area contributed by atoms with Gasteiger partial charge in [0.1, 0.15) is 18.3 Å². The molecule has 0 aliphatic rings. The molecule has 0 aliphatic carbocycles. The average Bonchev–Trinajstić information content (AvgIpc) is 2.93. The smallest absolute Gasteiger partial charge is 0.326 e. The highest BCUT2D eigenvalue weighted by Crippen LogP contribution is 2.11. The summed E-state index contributed by atoms with van der Waals surface area (Å²) in [4.78, 5) is 23.0. The van der Waals surface area contributed by atoms with E-state index < -0.39 is 17.9 Å². The van der Waals surface area contributed by atoms with Crippen LogP contribution < -0.4 is 5.32 Å². The van der Waals surface area contributed by atoms with E-state index in [9.17, 15) is 14.7 Å². The fraction of sp³-hybridized carbons (Fsp3) is 0.231. The normalized spacial score (nSPS) is 11.8. The predicted octanol–water partition coefficient (Wildman–Crippen LogP) is -0.204. The molecule has 8 nitrogen and oxygen atoms in total. The van der Waals surface area contributed by atoms with Gasteiger partial charge in [0.25, 0.3) is 0 Å². The Hall–Kier alpha value is -2.90. The van der Waals surface area contributed by atoms with E-state index in [2.05, 4.69) is 15.6 Å². The van der Waals surface area contributed by atoms with Crippen LogP contribution in [0.4, 0.5) is 0 Å². The van der Waals surface area contributed by atoms with Gasteiger partial charge in [0.05, 0.1) is 6.20 Å². The minimum absolute atomic E-state index is 0.0979. The van der Waals surface area contributed by atoms with Gasteiger partial charge in [-0.3, -0.25) is 4.79 Å². The Morgan fingerprint density at radius 1 is 1.29 bits per heavy atom. The first-order valence-electron chi connectivity index (χ1n) is 6.19. The molecule has 110 valence electrons. The second-order valence-electron chi connectivity index (χ2n) is 4.43. The van der Waals surface area contributed by atoms with Crippen LogP contribution in [0, 0.1) is 0 Å². The highest BCUT2D eigenvalue weighted by atomic mass is 16.4. The number of hydrogen-bond acceptors (Lipinski definition) is 5. The van der Waals surface area contributed by atoms with Crippen molar-refractivity contribution in [1.82, 2.24) is 20.3 Å². The van der Waals surface area contributed by atoms with Crippen LogP contribution in [0.25, 0.3) is 0 Å². The van der Waals surface area contributed by atoms with Crippen LogP contribution in [-0.4, -0.2) is 43.1 Å². The van der Waals surface area contributed by atoms with Gasteiger partial charge >= 0.3 is 5.97 Å². The van der Waals surface area contributed by atoms with E-state index in [0.29, 0.717) is 5.56 Å². The van der Waals surface area contributed by atoms with Gasteiger partial charge in [0.2, 0.25) is 5.91 Å². The lowest BCUT2D eigenvalue weighted by molar-refractivity contribution is -0.141. The molecule has 0 fully saturated rings. The molecule has 2 rings (SSSR count). The van der Waals surface area contributed by atoms with E-state index in [-0.39, 0.29) is 18.7 Å². The molecule has 0 saturated carbocycles. The summed E-state index contributed by atoms with van der Waals surface area (Å²) in [5.74, 6) is -1.50. The van der Waals surface area contributed by atoms with Crippen molar-refractivity contribution in [3.05, 3.63) is 42.2 Å². The van der Waals surface area contributed by atoms with Gasteiger partial charge in [0, 0.05) is 12.6 Å². The molecule has 1 atom stereocenters. The third-order valence-electron chi connectivity index (χ3n) is 2.79. The molecule has 0 radical (unpaired) electrons. The number of nitrogens with one attached hydrogen (secondary N) is 1. The van der Waals surface area contributed by atoms with Gasteiger partial charge in [-0.1, -0.05) is 17.3 Å². The van der Waals surface area contributed by atoms with Crippen LogP contribution in [-0.2, 0) is 22.6 Å². The Labute approximate surface area is 120 Å². The summed E-state index contributed by atoms with van der Waals surface area (Å²) in [7, 11) is 0. The SMILES string of the molecule is O=C(Cn1ccnn1)N[C@H](Cc1ccc(O)cc1)C(=O)O. The number of aromatic nitrogens is 3. The van der Waals surface area contributed by atoms with Crippen molar-refractivity contribution in [2.24, 2.45) is 0 Å². The number of carbonyl (C=O) groups excluding carboxylic acids is 1. The summed E-state index contributed by atoms with van der Waals surface area (Å²) in [5, 5.41) is 28.0. The molecule has 8 heteroatoms. The maximum absolute atomic E-state index is 11.8. The maximum Gasteiger partial charge on any atom is 0.326 e. The zero-order chi connectivity index (χ0) is 15.2. The number of amides is 1. The first kappa shape index (κ1) is 14.5. The van der Waals surface area contributed by atoms with Gasteiger partial charge in [-0.05, 0) is 17.7 Å². The lowest BCUT2D eigenvalue weighted by atomic mass is 10.1. The van der Waals surface area contributed by atoms with Crippen LogP contribution in [0.5, 0.6) is 5.75 Å². The molecule has 0 spiro atoms. The van der Waals surface area contributed by atoms with E-state index in [4.69, 9.17) is 5.11 Å². The number of rotatable bonds is 6. The van der Waals surface area contributed by atoms with Gasteiger partial charge in [-0.25, -0.2) is 9.48 Å². The van der Waals surface area contributed by atoms with Crippen molar-refractivity contribution < 1.29 is 19.8 Å². The molecule has 1 heterocycles. The highest BCUT2D eigenvalue weighted by molar-refractivity contribution is 5.83.